The first-order valence-corrected chi connectivity index (χ1v) is 3.53. The van der Waals surface area contributed by atoms with E-state index in [2.05, 4.69) is 34.2 Å². The van der Waals surface area contributed by atoms with Gasteiger partial charge in [-0.05, 0) is 5.56 Å². The maximum absolute atomic E-state index is 4.26. The molecule has 1 rings (SSSR count). The summed E-state index contributed by atoms with van der Waals surface area (Å²) in [5, 5.41) is 0. The van der Waals surface area contributed by atoms with Crippen LogP contribution in [0, 0.1) is 0 Å². The van der Waals surface area contributed by atoms with Crippen LogP contribution in [0.15, 0.2) is 36.9 Å². The lowest BCUT2D eigenvalue weighted by Gasteiger charge is -1.85. The van der Waals surface area contributed by atoms with E-state index in [-0.39, 0.29) is 0 Å². The van der Waals surface area contributed by atoms with Crippen molar-refractivity contribution < 1.29 is 3.84 Å². The molecule has 0 amide bonds. The summed E-state index contributed by atoms with van der Waals surface area (Å²) in [4.78, 5) is 0. The minimum Gasteiger partial charge on any atom is -0.166 e. The van der Waals surface area contributed by atoms with Crippen LogP contribution in [0.4, 0.5) is 0 Å². The van der Waals surface area contributed by atoms with Gasteiger partial charge < -0.3 is 0 Å². The van der Waals surface area contributed by atoms with Crippen molar-refractivity contribution >= 4 is 29.8 Å². The second-order valence-corrected chi connectivity index (χ2v) is 2.14. The van der Waals surface area contributed by atoms with Crippen LogP contribution in [0.3, 0.4) is 0 Å². The summed E-state index contributed by atoms with van der Waals surface area (Å²) in [6, 6.07) is 10.0. The van der Waals surface area contributed by atoms with Crippen LogP contribution in [-0.4, -0.2) is 0 Å². The zero-order valence-electron chi connectivity index (χ0n) is 5.84. The van der Waals surface area contributed by atoms with E-state index in [0.29, 0.717) is 0 Å². The molecule has 1 aromatic carbocycles. The maximum Gasteiger partial charge on any atom is 0.0832 e. The fourth-order valence-corrected chi connectivity index (χ4v) is 0.589. The predicted octanol–water partition coefficient (Wildman–Crippen LogP) is 3.64. The van der Waals surface area contributed by atoms with Gasteiger partial charge in [-0.2, -0.15) is 3.84 Å². The number of benzene rings is 1. The molecule has 1 aromatic rings. The Bertz CT molecular complexity index is 187. The van der Waals surface area contributed by atoms with Crippen LogP contribution in [0.2, 0.25) is 0 Å². The van der Waals surface area contributed by atoms with Crippen molar-refractivity contribution in [1.82, 2.24) is 0 Å². The molecule has 0 aliphatic rings. The van der Waals surface area contributed by atoms with E-state index < -0.39 is 0 Å². The first-order valence-electron chi connectivity index (χ1n) is 2.92. The standard InChI is InChI=1S/C8H8.Cl2O/c1-2-8-6-4-3-5-7-8;1-3-2/h2-7H,1H2;. The van der Waals surface area contributed by atoms with Gasteiger partial charge in [0.25, 0.3) is 0 Å². The summed E-state index contributed by atoms with van der Waals surface area (Å²) in [7, 11) is 0. The molecule has 0 saturated carbocycles. The topological polar surface area (TPSA) is 9.23 Å². The van der Waals surface area contributed by atoms with Gasteiger partial charge in [0.2, 0.25) is 0 Å². The van der Waals surface area contributed by atoms with Crippen LogP contribution >= 0.6 is 23.7 Å². The summed E-state index contributed by atoms with van der Waals surface area (Å²) in [5.41, 5.74) is 1.17. The molecule has 0 aliphatic carbocycles. The molecular formula is C8H8Cl2O. The second kappa shape index (κ2) is 7.61. The Kier molecular flexibility index (Phi) is 7.26. The Morgan fingerprint density at radius 1 is 1.18 bits per heavy atom. The largest absolute Gasteiger partial charge is 0.166 e. The first-order chi connectivity index (χ1) is 5.35. The second-order valence-electron chi connectivity index (χ2n) is 1.67. The van der Waals surface area contributed by atoms with Gasteiger partial charge in [0.15, 0.2) is 0 Å². The third kappa shape index (κ3) is 5.92. The third-order valence-electron chi connectivity index (χ3n) is 1.04. The van der Waals surface area contributed by atoms with Crippen molar-refractivity contribution in [3.8, 4) is 0 Å². The van der Waals surface area contributed by atoms with E-state index in [9.17, 15) is 0 Å². The number of hydrogen-bond donors (Lipinski definition) is 0. The van der Waals surface area contributed by atoms with Gasteiger partial charge in [0.05, 0.1) is 23.7 Å². The van der Waals surface area contributed by atoms with E-state index in [0.717, 1.165) is 0 Å². The van der Waals surface area contributed by atoms with Gasteiger partial charge in [0, 0.05) is 0 Å². The molecular weight excluding hydrogens is 183 g/mol. The van der Waals surface area contributed by atoms with Crippen molar-refractivity contribution in [2.75, 3.05) is 0 Å². The van der Waals surface area contributed by atoms with Crippen molar-refractivity contribution in [1.29, 1.82) is 0 Å². The van der Waals surface area contributed by atoms with Crippen LogP contribution in [0.1, 0.15) is 5.56 Å². The van der Waals surface area contributed by atoms with Gasteiger partial charge in [0.1, 0.15) is 0 Å². The number of rotatable bonds is 1. The molecule has 0 aromatic heterocycles. The Hall–Kier alpha value is -0.500. The Morgan fingerprint density at radius 2 is 1.64 bits per heavy atom. The Morgan fingerprint density at radius 3 is 1.91 bits per heavy atom. The molecule has 3 heteroatoms. The molecule has 1 nitrogen and oxygen atoms in total. The minimum atomic E-state index is 1.17. The SMILES string of the molecule is C=Cc1ccccc1.ClOCl. The van der Waals surface area contributed by atoms with Gasteiger partial charge in [-0.25, -0.2) is 0 Å². The van der Waals surface area contributed by atoms with Gasteiger partial charge >= 0.3 is 0 Å². The van der Waals surface area contributed by atoms with E-state index >= 15 is 0 Å². The summed E-state index contributed by atoms with van der Waals surface area (Å²) >= 11 is 8.53. The zero-order valence-corrected chi connectivity index (χ0v) is 7.35. The minimum absolute atomic E-state index is 1.17. The highest BCUT2D eigenvalue weighted by molar-refractivity contribution is 6.24. The van der Waals surface area contributed by atoms with Crippen LogP contribution in [0.5, 0.6) is 0 Å². The molecule has 0 N–H and O–H groups in total. The monoisotopic (exact) mass is 190 g/mol. The highest BCUT2D eigenvalue weighted by Gasteiger charge is 1.75. The number of halogens is 2. The fourth-order valence-electron chi connectivity index (χ4n) is 0.589. The van der Waals surface area contributed by atoms with Crippen molar-refractivity contribution in [2.24, 2.45) is 0 Å². The van der Waals surface area contributed by atoms with Crippen molar-refractivity contribution in [3.63, 3.8) is 0 Å². The smallest absolute Gasteiger partial charge is 0.0832 e. The molecule has 11 heavy (non-hydrogen) atoms. The van der Waals surface area contributed by atoms with E-state index in [1.807, 2.05) is 36.4 Å². The average Bonchev–Trinajstić information content (AvgIpc) is 2.08. The molecule has 0 atom stereocenters. The lowest BCUT2D eigenvalue weighted by atomic mass is 10.2. The molecule has 0 radical (unpaired) electrons. The summed E-state index contributed by atoms with van der Waals surface area (Å²) in [6.07, 6.45) is 1.83. The highest BCUT2D eigenvalue weighted by atomic mass is 35.6. The predicted molar refractivity (Wildman–Crippen MR) is 49.3 cm³/mol. The molecule has 0 unspecified atom stereocenters. The lowest BCUT2D eigenvalue weighted by Crippen LogP contribution is -1.63. The van der Waals surface area contributed by atoms with E-state index in [4.69, 9.17) is 0 Å². The van der Waals surface area contributed by atoms with Crippen molar-refractivity contribution in [3.05, 3.63) is 42.5 Å². The van der Waals surface area contributed by atoms with Gasteiger partial charge in [-0.3, -0.25) is 0 Å². The zero-order chi connectivity index (χ0) is 8.53. The van der Waals surface area contributed by atoms with Crippen LogP contribution in [-0.2, 0) is 3.84 Å². The quantitative estimate of drug-likeness (QED) is 0.658. The molecule has 60 valence electrons. The van der Waals surface area contributed by atoms with E-state index in [1.165, 1.54) is 5.56 Å². The average molecular weight is 191 g/mol. The molecule has 0 saturated heterocycles. The summed E-state index contributed by atoms with van der Waals surface area (Å²) < 4.78 is 3.19. The van der Waals surface area contributed by atoms with Crippen molar-refractivity contribution in [2.45, 2.75) is 0 Å². The normalized spacial score (nSPS) is 7.82. The molecule has 0 heterocycles. The molecule has 0 fully saturated rings. The summed E-state index contributed by atoms with van der Waals surface area (Å²) in [5.74, 6) is 0. The molecule has 0 aliphatic heterocycles. The number of hydrogen-bond acceptors (Lipinski definition) is 1. The highest BCUT2D eigenvalue weighted by Crippen LogP contribution is 1.97. The maximum atomic E-state index is 4.26. The summed E-state index contributed by atoms with van der Waals surface area (Å²) in [6.45, 7) is 3.63. The van der Waals surface area contributed by atoms with E-state index in [1.54, 1.807) is 0 Å². The van der Waals surface area contributed by atoms with Gasteiger partial charge in [-0.15, -0.1) is 0 Å². The van der Waals surface area contributed by atoms with Gasteiger partial charge in [-0.1, -0.05) is 43.0 Å². The first kappa shape index (κ1) is 10.5. The third-order valence-corrected chi connectivity index (χ3v) is 1.04. The fraction of sp³-hybridized carbons (Fsp3) is 0. The van der Waals surface area contributed by atoms with Crippen LogP contribution < -0.4 is 0 Å². The molecule has 0 bridgehead atoms. The Balaban J connectivity index is 0.000000292. The Labute approximate surface area is 76.5 Å². The van der Waals surface area contributed by atoms with Crippen LogP contribution in [0.25, 0.3) is 6.08 Å². The lowest BCUT2D eigenvalue weighted by molar-refractivity contribution is 0.697. The molecule has 0 spiro atoms.